The number of nitrogens with one attached hydrogen (secondary N) is 1. The van der Waals surface area contributed by atoms with E-state index >= 15 is 0 Å². The summed E-state index contributed by atoms with van der Waals surface area (Å²) in [5.41, 5.74) is 5.50. The van der Waals surface area contributed by atoms with Crippen LogP contribution in [0, 0.1) is 0 Å². The molecule has 1 aromatic heterocycles. The first-order valence-corrected chi connectivity index (χ1v) is 5.62. The predicted molar refractivity (Wildman–Crippen MR) is 68.0 cm³/mol. The lowest BCUT2D eigenvalue weighted by Gasteiger charge is -2.18. The van der Waals surface area contributed by atoms with Gasteiger partial charge < -0.3 is 16.0 Å². The van der Waals surface area contributed by atoms with Crippen LogP contribution in [0.2, 0.25) is 5.15 Å². The van der Waals surface area contributed by atoms with Gasteiger partial charge >= 0.3 is 0 Å². The van der Waals surface area contributed by atoms with Crippen molar-refractivity contribution < 1.29 is 4.79 Å². The van der Waals surface area contributed by atoms with Crippen molar-refractivity contribution in [2.45, 2.75) is 13.3 Å². The average Bonchev–Trinajstić information content (AvgIpc) is 2.22. The number of hydrogen-bond donors (Lipinski definition) is 2. The minimum absolute atomic E-state index is 0.0259. The van der Waals surface area contributed by atoms with Gasteiger partial charge in [-0.15, -0.1) is 0 Å². The van der Waals surface area contributed by atoms with Crippen LogP contribution in [0.15, 0.2) is 6.07 Å². The van der Waals surface area contributed by atoms with Gasteiger partial charge in [0.2, 0.25) is 11.9 Å². The first-order chi connectivity index (χ1) is 7.99. The minimum atomic E-state index is -0.0259. The van der Waals surface area contributed by atoms with Gasteiger partial charge in [0.1, 0.15) is 11.0 Å². The maximum absolute atomic E-state index is 10.7. The largest absolute Gasteiger partial charge is 0.368 e. The third-order valence-electron chi connectivity index (χ3n) is 2.13. The molecule has 7 heteroatoms. The summed E-state index contributed by atoms with van der Waals surface area (Å²) in [5, 5.41) is 3.05. The molecule has 0 bridgehead atoms. The lowest BCUT2D eigenvalue weighted by atomic mass is 10.3. The number of carbonyl (C=O) groups is 1. The Labute approximate surface area is 105 Å². The molecule has 0 spiro atoms. The van der Waals surface area contributed by atoms with E-state index < -0.39 is 0 Å². The first kappa shape index (κ1) is 13.5. The van der Waals surface area contributed by atoms with Crippen molar-refractivity contribution in [3.63, 3.8) is 0 Å². The van der Waals surface area contributed by atoms with Crippen molar-refractivity contribution in [1.29, 1.82) is 0 Å². The molecule has 0 atom stereocenters. The highest BCUT2D eigenvalue weighted by Crippen LogP contribution is 2.15. The van der Waals surface area contributed by atoms with E-state index in [0.29, 0.717) is 17.5 Å². The van der Waals surface area contributed by atoms with Crippen molar-refractivity contribution in [3.05, 3.63) is 11.2 Å². The van der Waals surface area contributed by atoms with Crippen LogP contribution in [-0.2, 0) is 4.79 Å². The zero-order chi connectivity index (χ0) is 12.8. The van der Waals surface area contributed by atoms with Crippen LogP contribution in [0.5, 0.6) is 0 Å². The number of carbonyl (C=O) groups excluding carboxylic acids is 1. The molecule has 0 fully saturated rings. The fraction of sp³-hybridized carbons (Fsp3) is 0.500. The van der Waals surface area contributed by atoms with E-state index in [-0.39, 0.29) is 11.9 Å². The second-order valence-corrected chi connectivity index (χ2v) is 4.05. The van der Waals surface area contributed by atoms with Gasteiger partial charge in [-0.25, -0.2) is 4.98 Å². The van der Waals surface area contributed by atoms with Crippen molar-refractivity contribution in [1.82, 2.24) is 15.3 Å². The molecule has 3 N–H and O–H groups in total. The second kappa shape index (κ2) is 6.24. The molecule has 0 aromatic carbocycles. The van der Waals surface area contributed by atoms with Gasteiger partial charge in [-0.05, 0) is 6.42 Å². The standard InChI is InChI=1S/C10H16ClN5O/c1-7(17)13-4-3-5-16(2)9-6-8(11)14-10(12)15-9/h6H,3-5H2,1-2H3,(H,13,17)(H2,12,14,15). The summed E-state index contributed by atoms with van der Waals surface area (Å²) >= 11 is 5.78. The molecule has 1 heterocycles. The molecule has 94 valence electrons. The van der Waals surface area contributed by atoms with Crippen molar-refractivity contribution in [2.24, 2.45) is 0 Å². The van der Waals surface area contributed by atoms with Gasteiger partial charge in [-0.2, -0.15) is 4.98 Å². The van der Waals surface area contributed by atoms with Crippen LogP contribution < -0.4 is 16.0 Å². The van der Waals surface area contributed by atoms with Crippen LogP contribution in [0.25, 0.3) is 0 Å². The van der Waals surface area contributed by atoms with Gasteiger partial charge in [-0.1, -0.05) is 11.6 Å². The van der Waals surface area contributed by atoms with E-state index in [9.17, 15) is 4.79 Å². The highest BCUT2D eigenvalue weighted by atomic mass is 35.5. The Hall–Kier alpha value is -1.56. The monoisotopic (exact) mass is 257 g/mol. The average molecular weight is 258 g/mol. The molecule has 0 radical (unpaired) electrons. The molecule has 6 nitrogen and oxygen atoms in total. The Balaban J connectivity index is 2.46. The predicted octanol–water partition coefficient (Wildman–Crippen LogP) is 0.675. The summed E-state index contributed by atoms with van der Waals surface area (Å²) in [7, 11) is 1.88. The van der Waals surface area contributed by atoms with E-state index in [1.807, 2.05) is 11.9 Å². The smallest absolute Gasteiger partial charge is 0.223 e. The van der Waals surface area contributed by atoms with Crippen LogP contribution in [0.3, 0.4) is 0 Å². The van der Waals surface area contributed by atoms with Gasteiger partial charge in [0.25, 0.3) is 0 Å². The van der Waals surface area contributed by atoms with Crippen molar-refractivity contribution >= 4 is 29.3 Å². The molecule has 1 aromatic rings. The number of hydrogen-bond acceptors (Lipinski definition) is 5. The summed E-state index contributed by atoms with van der Waals surface area (Å²) in [6.45, 7) is 2.87. The minimum Gasteiger partial charge on any atom is -0.368 e. The quantitative estimate of drug-likeness (QED) is 0.598. The van der Waals surface area contributed by atoms with Crippen molar-refractivity contribution in [2.75, 3.05) is 30.8 Å². The summed E-state index contributed by atoms with van der Waals surface area (Å²) in [5.74, 6) is 0.800. The molecular formula is C10H16ClN5O. The third kappa shape index (κ3) is 4.86. The lowest BCUT2D eigenvalue weighted by molar-refractivity contribution is -0.118. The SMILES string of the molecule is CC(=O)NCCCN(C)c1cc(Cl)nc(N)n1. The molecule has 0 unspecified atom stereocenters. The van der Waals surface area contributed by atoms with Crippen LogP contribution in [-0.4, -0.2) is 36.0 Å². The molecule has 0 saturated carbocycles. The molecule has 0 aliphatic carbocycles. The Morgan fingerprint density at radius 2 is 2.29 bits per heavy atom. The van der Waals surface area contributed by atoms with Gasteiger partial charge in [0, 0.05) is 33.1 Å². The Bertz CT molecular complexity index is 378. The third-order valence-corrected chi connectivity index (χ3v) is 2.33. The zero-order valence-electron chi connectivity index (χ0n) is 9.90. The lowest BCUT2D eigenvalue weighted by Crippen LogP contribution is -2.26. The van der Waals surface area contributed by atoms with E-state index in [2.05, 4.69) is 15.3 Å². The van der Waals surface area contributed by atoms with E-state index in [4.69, 9.17) is 17.3 Å². The number of rotatable bonds is 5. The van der Waals surface area contributed by atoms with Gasteiger partial charge in [-0.3, -0.25) is 4.79 Å². The van der Waals surface area contributed by atoms with Crippen LogP contribution in [0.1, 0.15) is 13.3 Å². The Morgan fingerprint density at radius 1 is 1.59 bits per heavy atom. The molecular weight excluding hydrogens is 242 g/mol. The number of nitrogens with zero attached hydrogens (tertiary/aromatic N) is 3. The van der Waals surface area contributed by atoms with Gasteiger partial charge in [0.05, 0.1) is 0 Å². The van der Waals surface area contributed by atoms with E-state index in [1.165, 1.54) is 6.92 Å². The molecule has 0 aliphatic heterocycles. The topological polar surface area (TPSA) is 84.1 Å². The fourth-order valence-corrected chi connectivity index (χ4v) is 1.50. The Kier molecular flexibility index (Phi) is 4.96. The molecule has 1 amide bonds. The number of aromatic nitrogens is 2. The zero-order valence-corrected chi connectivity index (χ0v) is 10.7. The first-order valence-electron chi connectivity index (χ1n) is 5.24. The number of halogens is 1. The number of nitrogen functional groups attached to an aromatic ring is 1. The second-order valence-electron chi connectivity index (χ2n) is 3.67. The molecule has 17 heavy (non-hydrogen) atoms. The molecule has 0 saturated heterocycles. The van der Waals surface area contributed by atoms with Gasteiger partial charge in [0.15, 0.2) is 0 Å². The van der Waals surface area contributed by atoms with Crippen LogP contribution in [0.4, 0.5) is 11.8 Å². The number of nitrogens with two attached hydrogens (primary N) is 1. The van der Waals surface area contributed by atoms with Crippen molar-refractivity contribution in [3.8, 4) is 0 Å². The normalized spacial score (nSPS) is 10.1. The summed E-state index contributed by atoms with van der Waals surface area (Å²) in [6.07, 6.45) is 0.817. The fourth-order valence-electron chi connectivity index (χ4n) is 1.31. The summed E-state index contributed by atoms with van der Waals surface area (Å²) in [4.78, 5) is 20.4. The maximum atomic E-state index is 10.7. The van der Waals surface area contributed by atoms with E-state index in [0.717, 1.165) is 13.0 Å². The molecule has 0 aliphatic rings. The summed E-state index contributed by atoms with van der Waals surface area (Å²) < 4.78 is 0. The van der Waals surface area contributed by atoms with Crippen LogP contribution >= 0.6 is 11.6 Å². The number of anilines is 2. The highest BCUT2D eigenvalue weighted by molar-refractivity contribution is 6.29. The summed E-state index contributed by atoms with van der Waals surface area (Å²) in [6, 6.07) is 1.65. The number of amides is 1. The maximum Gasteiger partial charge on any atom is 0.223 e. The highest BCUT2D eigenvalue weighted by Gasteiger charge is 2.05. The molecule has 1 rings (SSSR count). The van der Waals surface area contributed by atoms with E-state index in [1.54, 1.807) is 6.07 Å². The Morgan fingerprint density at radius 3 is 2.88 bits per heavy atom.